The molecule has 8 heteroatoms. The van der Waals surface area contributed by atoms with Crippen LogP contribution in [0.15, 0.2) is 0 Å². The Morgan fingerprint density at radius 1 is 1.47 bits per heavy atom. The first-order valence-corrected chi connectivity index (χ1v) is 5.26. The number of nitrogens with one attached hydrogen (secondary N) is 2. The highest BCUT2D eigenvalue weighted by Gasteiger charge is 2.19. The Morgan fingerprint density at radius 2 is 2.18 bits per heavy atom. The summed E-state index contributed by atoms with van der Waals surface area (Å²) in [6.07, 6.45) is 0. The summed E-state index contributed by atoms with van der Waals surface area (Å²) >= 11 is 5.97. The number of hydrogen-bond donors (Lipinski definition) is 2. The van der Waals surface area contributed by atoms with Crippen LogP contribution in [0.2, 0.25) is 5.15 Å². The molecule has 0 saturated carbocycles. The van der Waals surface area contributed by atoms with Crippen LogP contribution >= 0.6 is 11.6 Å². The van der Waals surface area contributed by atoms with Gasteiger partial charge in [-0.05, 0) is 13.8 Å². The van der Waals surface area contributed by atoms with E-state index in [-0.39, 0.29) is 17.0 Å². The Labute approximate surface area is 102 Å². The molecule has 0 bridgehead atoms. The number of anilines is 1. The molecule has 0 saturated heterocycles. The Morgan fingerprint density at radius 3 is 2.65 bits per heavy atom. The van der Waals surface area contributed by atoms with Gasteiger partial charge in [0, 0.05) is 7.05 Å². The number of aryl methyl sites for hydroxylation is 3. The van der Waals surface area contributed by atoms with Crippen LogP contribution in [0.1, 0.15) is 21.9 Å². The minimum Gasteiger partial charge on any atom is -0.289 e. The quantitative estimate of drug-likeness (QED) is 0.839. The summed E-state index contributed by atoms with van der Waals surface area (Å²) in [6, 6.07) is 0. The van der Waals surface area contributed by atoms with Gasteiger partial charge in [0.15, 0.2) is 0 Å². The first-order chi connectivity index (χ1) is 7.99. The summed E-state index contributed by atoms with van der Waals surface area (Å²) < 4.78 is 1.44. The number of nitrogens with zero attached hydrogens (tertiary/aromatic N) is 4. The molecule has 0 radical (unpaired) electrons. The minimum atomic E-state index is -0.375. The molecule has 1 amide bonds. The second-order valence-corrected chi connectivity index (χ2v) is 3.93. The Bertz CT molecular complexity index is 572. The zero-order chi connectivity index (χ0) is 12.6. The molecule has 7 nitrogen and oxygen atoms in total. The highest BCUT2D eigenvalue weighted by molar-refractivity contribution is 6.33. The van der Waals surface area contributed by atoms with Crippen LogP contribution in [-0.4, -0.2) is 30.9 Å². The second-order valence-electron chi connectivity index (χ2n) is 3.57. The van der Waals surface area contributed by atoms with E-state index in [4.69, 9.17) is 11.6 Å². The molecule has 17 heavy (non-hydrogen) atoms. The van der Waals surface area contributed by atoms with Gasteiger partial charge in [0.1, 0.15) is 11.0 Å². The van der Waals surface area contributed by atoms with E-state index >= 15 is 0 Å². The van der Waals surface area contributed by atoms with Gasteiger partial charge in [0.2, 0.25) is 5.95 Å². The number of carbonyl (C=O) groups excluding carboxylic acids is 1. The fourth-order valence-corrected chi connectivity index (χ4v) is 1.71. The van der Waals surface area contributed by atoms with Crippen molar-refractivity contribution in [2.75, 3.05) is 5.32 Å². The summed E-state index contributed by atoms with van der Waals surface area (Å²) in [5, 5.41) is 13.3. The number of carbonyl (C=O) groups is 1. The lowest BCUT2D eigenvalue weighted by Crippen LogP contribution is -2.14. The first-order valence-electron chi connectivity index (χ1n) is 4.88. The van der Waals surface area contributed by atoms with Gasteiger partial charge in [0.25, 0.3) is 5.91 Å². The summed E-state index contributed by atoms with van der Waals surface area (Å²) in [6.45, 7) is 3.45. The topological polar surface area (TPSA) is 88.5 Å². The lowest BCUT2D eigenvalue weighted by molar-refractivity contribution is 0.102. The van der Waals surface area contributed by atoms with Gasteiger partial charge in [-0.15, -0.1) is 5.10 Å². The Hall–Kier alpha value is -1.89. The number of halogens is 1. The Kier molecular flexibility index (Phi) is 2.84. The van der Waals surface area contributed by atoms with Gasteiger partial charge in [-0.25, -0.2) is 0 Å². The maximum atomic E-state index is 11.9. The van der Waals surface area contributed by atoms with E-state index in [0.717, 1.165) is 0 Å². The molecule has 0 aliphatic heterocycles. The molecule has 0 aliphatic carbocycles. The van der Waals surface area contributed by atoms with Crippen molar-refractivity contribution < 1.29 is 4.79 Å². The molecule has 0 aromatic carbocycles. The van der Waals surface area contributed by atoms with Crippen molar-refractivity contribution in [2.24, 2.45) is 7.05 Å². The molecule has 0 spiro atoms. The van der Waals surface area contributed by atoms with Gasteiger partial charge in [0.05, 0.1) is 11.3 Å². The van der Waals surface area contributed by atoms with E-state index in [2.05, 4.69) is 25.6 Å². The molecule has 0 aliphatic rings. The number of aromatic amines is 1. The average Bonchev–Trinajstić information content (AvgIpc) is 2.73. The van der Waals surface area contributed by atoms with Crippen molar-refractivity contribution in [1.29, 1.82) is 0 Å². The van der Waals surface area contributed by atoms with Gasteiger partial charge < -0.3 is 0 Å². The zero-order valence-electron chi connectivity index (χ0n) is 9.58. The number of H-pyrrole nitrogens is 1. The predicted molar refractivity (Wildman–Crippen MR) is 62.0 cm³/mol. The van der Waals surface area contributed by atoms with Crippen LogP contribution in [0.5, 0.6) is 0 Å². The molecule has 2 rings (SSSR count). The summed E-state index contributed by atoms with van der Waals surface area (Å²) in [5.41, 5.74) is 0.888. The van der Waals surface area contributed by atoms with E-state index in [0.29, 0.717) is 17.1 Å². The van der Waals surface area contributed by atoms with Crippen LogP contribution in [0.3, 0.4) is 0 Å². The molecule has 2 N–H and O–H groups in total. The third kappa shape index (κ3) is 2.14. The molecule has 0 atom stereocenters. The van der Waals surface area contributed by atoms with Crippen LogP contribution in [0.4, 0.5) is 5.95 Å². The van der Waals surface area contributed by atoms with E-state index in [1.165, 1.54) is 4.68 Å². The fourth-order valence-electron chi connectivity index (χ4n) is 1.45. The van der Waals surface area contributed by atoms with Gasteiger partial charge in [-0.2, -0.15) is 10.1 Å². The third-order valence-electron chi connectivity index (χ3n) is 2.20. The maximum Gasteiger partial charge on any atom is 0.263 e. The smallest absolute Gasteiger partial charge is 0.263 e. The van der Waals surface area contributed by atoms with E-state index in [1.54, 1.807) is 20.9 Å². The minimum absolute atomic E-state index is 0.215. The number of rotatable bonds is 2. The third-order valence-corrected chi connectivity index (χ3v) is 2.64. The largest absolute Gasteiger partial charge is 0.289 e. The molecule has 0 unspecified atom stereocenters. The molecule has 2 heterocycles. The monoisotopic (exact) mass is 254 g/mol. The van der Waals surface area contributed by atoms with Crippen molar-refractivity contribution in [2.45, 2.75) is 13.8 Å². The van der Waals surface area contributed by atoms with Crippen LogP contribution < -0.4 is 5.32 Å². The van der Waals surface area contributed by atoms with Crippen LogP contribution in [0.25, 0.3) is 0 Å². The van der Waals surface area contributed by atoms with Crippen molar-refractivity contribution in [3.63, 3.8) is 0 Å². The molecule has 90 valence electrons. The zero-order valence-corrected chi connectivity index (χ0v) is 10.3. The first kappa shape index (κ1) is 11.6. The highest BCUT2D eigenvalue weighted by atomic mass is 35.5. The van der Waals surface area contributed by atoms with Gasteiger partial charge >= 0.3 is 0 Å². The van der Waals surface area contributed by atoms with Crippen LogP contribution in [0, 0.1) is 13.8 Å². The number of hydrogen-bond acceptors (Lipinski definition) is 4. The summed E-state index contributed by atoms with van der Waals surface area (Å²) in [5.74, 6) is 0.459. The lowest BCUT2D eigenvalue weighted by Gasteiger charge is -1.99. The standard InChI is InChI=1S/C9H11ClN6O/c1-4-6(7(10)16(3)15-4)8(17)12-9-11-5(2)13-14-9/h1-3H3,(H2,11,12,13,14,17). The van der Waals surface area contributed by atoms with E-state index in [1.807, 2.05) is 0 Å². The van der Waals surface area contributed by atoms with Crippen molar-refractivity contribution >= 4 is 23.5 Å². The Balaban J connectivity index is 2.26. The van der Waals surface area contributed by atoms with Crippen molar-refractivity contribution in [3.8, 4) is 0 Å². The van der Waals surface area contributed by atoms with Gasteiger partial charge in [-0.1, -0.05) is 11.6 Å². The van der Waals surface area contributed by atoms with E-state index in [9.17, 15) is 4.79 Å². The predicted octanol–water partition coefficient (Wildman–Crippen LogP) is 1.06. The van der Waals surface area contributed by atoms with E-state index < -0.39 is 0 Å². The maximum absolute atomic E-state index is 11.9. The van der Waals surface area contributed by atoms with Crippen molar-refractivity contribution in [3.05, 3.63) is 22.2 Å². The highest BCUT2D eigenvalue weighted by Crippen LogP contribution is 2.19. The van der Waals surface area contributed by atoms with Gasteiger partial charge in [-0.3, -0.25) is 19.9 Å². The van der Waals surface area contributed by atoms with Crippen LogP contribution in [-0.2, 0) is 7.05 Å². The number of aromatic nitrogens is 5. The molecule has 2 aromatic heterocycles. The normalized spacial score (nSPS) is 10.6. The number of amides is 1. The summed E-state index contributed by atoms with van der Waals surface area (Å²) in [7, 11) is 1.67. The lowest BCUT2D eigenvalue weighted by atomic mass is 10.2. The SMILES string of the molecule is Cc1nc(NC(=O)c2c(C)nn(C)c2Cl)n[nH]1. The molecule has 2 aromatic rings. The second kappa shape index (κ2) is 4.17. The fraction of sp³-hybridized carbons (Fsp3) is 0.333. The molecular weight excluding hydrogens is 244 g/mol. The molecule has 0 fully saturated rings. The summed E-state index contributed by atoms with van der Waals surface area (Å²) in [4.78, 5) is 15.9. The molecular formula is C9H11ClN6O. The van der Waals surface area contributed by atoms with Crippen molar-refractivity contribution in [1.82, 2.24) is 25.0 Å². The average molecular weight is 255 g/mol.